The first-order valence-electron chi connectivity index (χ1n) is 8.22. The summed E-state index contributed by atoms with van der Waals surface area (Å²) in [6.45, 7) is 0. The number of imide groups is 1. The van der Waals surface area contributed by atoms with Crippen LogP contribution in [0.15, 0.2) is 41.3 Å². The van der Waals surface area contributed by atoms with Crippen molar-refractivity contribution in [2.24, 2.45) is 5.73 Å². The summed E-state index contributed by atoms with van der Waals surface area (Å²) in [5, 5.41) is 10.5. The predicted octanol–water partition coefficient (Wildman–Crippen LogP) is 3.04. The second-order valence-corrected chi connectivity index (χ2v) is 7.04. The van der Waals surface area contributed by atoms with Crippen LogP contribution in [0.5, 0.6) is 11.5 Å². The molecule has 1 aliphatic rings. The topological polar surface area (TPSA) is 119 Å². The quantitative estimate of drug-likeness (QED) is 0.615. The molecule has 0 saturated carbocycles. The van der Waals surface area contributed by atoms with E-state index in [0.717, 1.165) is 11.8 Å². The smallest absolute Gasteiger partial charge is 0.320 e. The van der Waals surface area contributed by atoms with Gasteiger partial charge in [-0.15, -0.1) is 0 Å². The number of nitrogens with two attached hydrogens (primary N) is 1. The summed E-state index contributed by atoms with van der Waals surface area (Å²) in [6, 6.07) is 7.16. The molecular weight excluding hydrogens is 406 g/mol. The van der Waals surface area contributed by atoms with E-state index in [1.54, 1.807) is 12.1 Å². The standard InChI is InChI=1S/C19H14F2N2O5S/c20-15-10(8-12(22)18(25)26)3-6-13(16(15)21)28-11-4-1-9(2-5-11)7-14-17(24)23-19(27)29-14/h1-7,12H,8,22H2,(H,25,26)(H,23,24,27)/b14-7-. The van der Waals surface area contributed by atoms with Crippen LogP contribution in [0.1, 0.15) is 11.1 Å². The molecule has 0 radical (unpaired) electrons. The average Bonchev–Trinajstić information content (AvgIpc) is 2.99. The van der Waals surface area contributed by atoms with Crippen LogP contribution in [0.25, 0.3) is 6.08 Å². The lowest BCUT2D eigenvalue weighted by Gasteiger charge is -2.11. The van der Waals surface area contributed by atoms with Crippen LogP contribution in [0.4, 0.5) is 13.6 Å². The van der Waals surface area contributed by atoms with Gasteiger partial charge in [0.2, 0.25) is 5.82 Å². The first-order chi connectivity index (χ1) is 13.7. The minimum atomic E-state index is -1.35. The molecule has 0 aliphatic carbocycles. The van der Waals surface area contributed by atoms with Crippen molar-refractivity contribution in [2.75, 3.05) is 0 Å². The maximum atomic E-state index is 14.3. The highest BCUT2D eigenvalue weighted by atomic mass is 32.2. The second kappa shape index (κ2) is 8.41. The molecule has 150 valence electrons. The highest BCUT2D eigenvalue weighted by Gasteiger charge is 2.25. The molecule has 3 rings (SSSR count). The maximum Gasteiger partial charge on any atom is 0.320 e. The summed E-state index contributed by atoms with van der Waals surface area (Å²) in [6.07, 6.45) is 1.14. The summed E-state index contributed by atoms with van der Waals surface area (Å²) in [5.74, 6) is -4.46. The van der Waals surface area contributed by atoms with E-state index in [9.17, 15) is 23.2 Å². The van der Waals surface area contributed by atoms with Crippen LogP contribution in [0.3, 0.4) is 0 Å². The van der Waals surface area contributed by atoms with Crippen molar-refractivity contribution in [3.63, 3.8) is 0 Å². The van der Waals surface area contributed by atoms with Crippen LogP contribution in [-0.4, -0.2) is 28.3 Å². The number of carbonyl (C=O) groups excluding carboxylic acids is 2. The number of ether oxygens (including phenoxy) is 1. The zero-order valence-corrected chi connectivity index (χ0v) is 15.5. The van der Waals surface area contributed by atoms with E-state index in [0.29, 0.717) is 5.56 Å². The number of benzene rings is 2. The summed E-state index contributed by atoms with van der Waals surface area (Å²) < 4.78 is 33.8. The van der Waals surface area contributed by atoms with E-state index in [1.165, 1.54) is 30.3 Å². The third kappa shape index (κ3) is 4.79. The number of carboxylic acid groups (broad SMARTS) is 1. The van der Waals surface area contributed by atoms with Crippen molar-refractivity contribution in [1.29, 1.82) is 0 Å². The van der Waals surface area contributed by atoms with Crippen molar-refractivity contribution in [3.05, 3.63) is 64.1 Å². The van der Waals surface area contributed by atoms with Gasteiger partial charge in [-0.2, -0.15) is 4.39 Å². The van der Waals surface area contributed by atoms with Gasteiger partial charge in [-0.05, 0) is 47.2 Å². The molecule has 0 spiro atoms. The van der Waals surface area contributed by atoms with Gasteiger partial charge >= 0.3 is 5.97 Å². The van der Waals surface area contributed by atoms with Gasteiger partial charge in [0.05, 0.1) is 4.91 Å². The van der Waals surface area contributed by atoms with E-state index in [-0.39, 0.29) is 28.4 Å². The lowest BCUT2D eigenvalue weighted by Crippen LogP contribution is -2.32. The van der Waals surface area contributed by atoms with Gasteiger partial charge in [-0.3, -0.25) is 19.7 Å². The van der Waals surface area contributed by atoms with E-state index in [4.69, 9.17) is 15.6 Å². The number of amides is 2. The third-order valence-electron chi connectivity index (χ3n) is 3.93. The monoisotopic (exact) mass is 420 g/mol. The number of carboxylic acids is 1. The highest BCUT2D eigenvalue weighted by Crippen LogP contribution is 2.30. The Balaban J connectivity index is 1.74. The summed E-state index contributed by atoms with van der Waals surface area (Å²) in [4.78, 5) is 33.7. The maximum absolute atomic E-state index is 14.3. The van der Waals surface area contributed by atoms with Crippen molar-refractivity contribution in [1.82, 2.24) is 5.32 Å². The molecule has 7 nitrogen and oxygen atoms in total. The average molecular weight is 420 g/mol. The lowest BCUT2D eigenvalue weighted by molar-refractivity contribution is -0.138. The number of halogens is 2. The number of hydrogen-bond acceptors (Lipinski definition) is 6. The largest absolute Gasteiger partial charge is 0.480 e. The summed E-state index contributed by atoms with van der Waals surface area (Å²) in [7, 11) is 0. The molecule has 1 heterocycles. The Morgan fingerprint density at radius 3 is 2.45 bits per heavy atom. The van der Waals surface area contributed by atoms with E-state index < -0.39 is 34.8 Å². The molecule has 1 atom stereocenters. The number of carbonyl (C=O) groups is 3. The molecule has 1 saturated heterocycles. The molecule has 0 bridgehead atoms. The zero-order chi connectivity index (χ0) is 21.1. The Hall–Kier alpha value is -3.24. The molecule has 2 aromatic rings. The highest BCUT2D eigenvalue weighted by molar-refractivity contribution is 8.18. The van der Waals surface area contributed by atoms with Crippen LogP contribution in [0, 0.1) is 11.6 Å². The Bertz CT molecular complexity index is 1020. The summed E-state index contributed by atoms with van der Waals surface area (Å²) >= 11 is 0.779. The van der Waals surface area contributed by atoms with Gasteiger partial charge in [-0.25, -0.2) is 4.39 Å². The SMILES string of the molecule is NC(Cc1ccc(Oc2ccc(/C=C3\SC(=O)NC3=O)cc2)c(F)c1F)C(=O)O. The fourth-order valence-electron chi connectivity index (χ4n) is 2.46. The van der Waals surface area contributed by atoms with Crippen molar-refractivity contribution in [2.45, 2.75) is 12.5 Å². The number of thioether (sulfide) groups is 1. The Morgan fingerprint density at radius 2 is 1.86 bits per heavy atom. The fourth-order valence-corrected chi connectivity index (χ4v) is 3.15. The van der Waals surface area contributed by atoms with Crippen molar-refractivity contribution in [3.8, 4) is 11.5 Å². The first kappa shape index (κ1) is 20.5. The van der Waals surface area contributed by atoms with E-state index in [1.807, 2.05) is 0 Å². The molecule has 2 aromatic carbocycles. The zero-order valence-electron chi connectivity index (χ0n) is 14.6. The Morgan fingerprint density at radius 1 is 1.17 bits per heavy atom. The van der Waals surface area contributed by atoms with Crippen LogP contribution in [-0.2, 0) is 16.0 Å². The second-order valence-electron chi connectivity index (χ2n) is 6.02. The van der Waals surface area contributed by atoms with Gasteiger partial charge in [0, 0.05) is 6.42 Å². The molecule has 0 aromatic heterocycles. The van der Waals surface area contributed by atoms with Crippen molar-refractivity contribution < 1.29 is 33.0 Å². The van der Waals surface area contributed by atoms with Gasteiger partial charge in [0.25, 0.3) is 11.1 Å². The van der Waals surface area contributed by atoms with E-state index >= 15 is 0 Å². The molecule has 1 unspecified atom stereocenters. The first-order valence-corrected chi connectivity index (χ1v) is 9.04. The number of nitrogens with one attached hydrogen (secondary N) is 1. The molecule has 1 aliphatic heterocycles. The number of hydrogen-bond donors (Lipinski definition) is 3. The van der Waals surface area contributed by atoms with Crippen LogP contribution >= 0.6 is 11.8 Å². The van der Waals surface area contributed by atoms with Crippen molar-refractivity contribution >= 4 is 35.0 Å². The van der Waals surface area contributed by atoms with Gasteiger partial charge in [0.15, 0.2) is 11.6 Å². The Labute approximate surface area is 167 Å². The number of aliphatic carboxylic acids is 1. The van der Waals surface area contributed by atoms with Gasteiger partial charge < -0.3 is 15.6 Å². The van der Waals surface area contributed by atoms with Crippen LogP contribution < -0.4 is 15.8 Å². The molecular formula is C19H14F2N2O5S. The molecule has 4 N–H and O–H groups in total. The molecule has 1 fully saturated rings. The normalized spacial score (nSPS) is 16.0. The van der Waals surface area contributed by atoms with Gasteiger partial charge in [0.1, 0.15) is 11.8 Å². The Kier molecular flexibility index (Phi) is 5.95. The minimum Gasteiger partial charge on any atom is -0.480 e. The minimum absolute atomic E-state index is 0.173. The summed E-state index contributed by atoms with van der Waals surface area (Å²) in [5.41, 5.74) is 5.78. The third-order valence-corrected chi connectivity index (χ3v) is 4.74. The molecule has 2 amide bonds. The van der Waals surface area contributed by atoms with E-state index in [2.05, 4.69) is 5.32 Å². The molecule has 29 heavy (non-hydrogen) atoms. The number of rotatable bonds is 6. The molecule has 10 heteroatoms. The van der Waals surface area contributed by atoms with Gasteiger partial charge in [-0.1, -0.05) is 18.2 Å². The predicted molar refractivity (Wildman–Crippen MR) is 101 cm³/mol. The fraction of sp³-hybridized carbons (Fsp3) is 0.105. The lowest BCUT2D eigenvalue weighted by atomic mass is 10.1. The van der Waals surface area contributed by atoms with Crippen LogP contribution in [0.2, 0.25) is 0 Å².